The lowest BCUT2D eigenvalue weighted by atomic mass is 10.1. The van der Waals surface area contributed by atoms with Crippen molar-refractivity contribution in [2.45, 2.75) is 6.42 Å². The van der Waals surface area contributed by atoms with Gasteiger partial charge in [-0.2, -0.15) is 0 Å². The van der Waals surface area contributed by atoms with Crippen LogP contribution in [0.1, 0.15) is 22.3 Å². The number of carboxylic acids is 1. The second kappa shape index (κ2) is 5.18. The van der Waals surface area contributed by atoms with Gasteiger partial charge >= 0.3 is 5.97 Å². The summed E-state index contributed by atoms with van der Waals surface area (Å²) in [6.45, 7) is 0. The zero-order chi connectivity index (χ0) is 11.3. The Morgan fingerprint density at radius 2 is 2.27 bits per heavy atom. The second-order valence-corrected chi connectivity index (χ2v) is 3.08. The first-order valence-electron chi connectivity index (χ1n) is 4.10. The predicted molar refractivity (Wildman–Crippen MR) is 56.0 cm³/mol. The Kier molecular flexibility index (Phi) is 3.90. The molecule has 1 aromatic rings. The van der Waals surface area contributed by atoms with Crippen molar-refractivity contribution in [3.8, 4) is 11.8 Å². The normalized spacial score (nSPS) is 8.87. The summed E-state index contributed by atoms with van der Waals surface area (Å²) in [5, 5.41) is 8.94. The Balaban J connectivity index is 2.99. The quantitative estimate of drug-likeness (QED) is 0.615. The van der Waals surface area contributed by atoms with Gasteiger partial charge in [0.1, 0.15) is 6.29 Å². The Morgan fingerprint density at radius 1 is 1.53 bits per heavy atom. The van der Waals surface area contributed by atoms with Crippen LogP contribution in [0.3, 0.4) is 0 Å². The fourth-order valence-electron chi connectivity index (χ4n) is 0.937. The van der Waals surface area contributed by atoms with Crippen LogP contribution in [0.15, 0.2) is 18.2 Å². The van der Waals surface area contributed by atoms with Crippen molar-refractivity contribution in [1.29, 1.82) is 0 Å². The van der Waals surface area contributed by atoms with E-state index in [-0.39, 0.29) is 17.0 Å². The van der Waals surface area contributed by atoms with E-state index in [0.717, 1.165) is 0 Å². The van der Waals surface area contributed by atoms with Crippen molar-refractivity contribution in [2.75, 3.05) is 0 Å². The number of benzene rings is 1. The fraction of sp³-hybridized carbons (Fsp3) is 0.0909. The largest absolute Gasteiger partial charge is 0.478 e. The molecule has 0 radical (unpaired) electrons. The summed E-state index contributed by atoms with van der Waals surface area (Å²) in [6, 6.07) is 4.26. The standard InChI is InChI=1S/C11H7ClO3/c12-10-7-9(11(14)15)5-4-8(10)3-1-2-6-13/h4-7H,2H2,(H,14,15). The highest BCUT2D eigenvalue weighted by molar-refractivity contribution is 6.32. The number of rotatable bonds is 2. The van der Waals surface area contributed by atoms with Gasteiger partial charge in [0.2, 0.25) is 0 Å². The molecule has 0 amide bonds. The molecule has 0 spiro atoms. The topological polar surface area (TPSA) is 54.4 Å². The van der Waals surface area contributed by atoms with Gasteiger partial charge in [-0.05, 0) is 18.2 Å². The molecule has 76 valence electrons. The lowest BCUT2D eigenvalue weighted by Gasteiger charge is -1.97. The van der Waals surface area contributed by atoms with Crippen LogP contribution in [0, 0.1) is 11.8 Å². The number of halogens is 1. The number of hydrogen-bond acceptors (Lipinski definition) is 2. The minimum atomic E-state index is -1.04. The van der Waals surface area contributed by atoms with Gasteiger partial charge in [-0.1, -0.05) is 23.4 Å². The lowest BCUT2D eigenvalue weighted by molar-refractivity contribution is -0.107. The van der Waals surface area contributed by atoms with Crippen molar-refractivity contribution in [2.24, 2.45) is 0 Å². The van der Waals surface area contributed by atoms with Crippen LogP contribution in [-0.2, 0) is 4.79 Å². The number of hydrogen-bond donors (Lipinski definition) is 1. The zero-order valence-corrected chi connectivity index (χ0v) is 8.41. The first-order valence-corrected chi connectivity index (χ1v) is 4.48. The number of carbonyl (C=O) groups is 2. The van der Waals surface area contributed by atoms with Gasteiger partial charge < -0.3 is 9.90 Å². The molecule has 1 aromatic carbocycles. The minimum Gasteiger partial charge on any atom is -0.478 e. The van der Waals surface area contributed by atoms with E-state index in [4.69, 9.17) is 16.7 Å². The first kappa shape index (κ1) is 11.3. The molecule has 1 N–H and O–H groups in total. The van der Waals surface area contributed by atoms with E-state index in [1.807, 2.05) is 0 Å². The molecule has 15 heavy (non-hydrogen) atoms. The van der Waals surface area contributed by atoms with E-state index in [1.54, 1.807) is 0 Å². The lowest BCUT2D eigenvalue weighted by Crippen LogP contribution is -1.95. The molecule has 0 bridgehead atoms. The van der Waals surface area contributed by atoms with Crippen molar-refractivity contribution in [1.82, 2.24) is 0 Å². The van der Waals surface area contributed by atoms with Crippen LogP contribution in [0.4, 0.5) is 0 Å². The number of aromatic carboxylic acids is 1. The molecule has 0 heterocycles. The molecule has 0 saturated heterocycles. The molecule has 4 heteroatoms. The van der Waals surface area contributed by atoms with Crippen molar-refractivity contribution in [3.05, 3.63) is 34.3 Å². The molecule has 0 atom stereocenters. The molecule has 0 aliphatic rings. The van der Waals surface area contributed by atoms with Crippen LogP contribution in [0.2, 0.25) is 5.02 Å². The fourth-order valence-corrected chi connectivity index (χ4v) is 1.17. The van der Waals surface area contributed by atoms with Crippen LogP contribution in [0.25, 0.3) is 0 Å². The molecule has 0 saturated carbocycles. The molecular weight excluding hydrogens is 216 g/mol. The van der Waals surface area contributed by atoms with E-state index in [2.05, 4.69) is 11.8 Å². The third-order valence-corrected chi connectivity index (χ3v) is 1.94. The van der Waals surface area contributed by atoms with Gasteiger partial charge in [0, 0.05) is 5.56 Å². The van der Waals surface area contributed by atoms with Crippen molar-refractivity contribution in [3.63, 3.8) is 0 Å². The van der Waals surface area contributed by atoms with Gasteiger partial charge in [-0.25, -0.2) is 4.79 Å². The van der Waals surface area contributed by atoms with Gasteiger partial charge in [-0.15, -0.1) is 0 Å². The zero-order valence-electron chi connectivity index (χ0n) is 7.66. The Bertz CT molecular complexity index is 455. The summed E-state index contributed by atoms with van der Waals surface area (Å²) in [5.41, 5.74) is 0.629. The minimum absolute atomic E-state index is 0.112. The van der Waals surface area contributed by atoms with E-state index < -0.39 is 5.97 Å². The third kappa shape index (κ3) is 3.12. The maximum Gasteiger partial charge on any atom is 0.335 e. The highest BCUT2D eigenvalue weighted by atomic mass is 35.5. The maximum absolute atomic E-state index is 10.6. The van der Waals surface area contributed by atoms with Gasteiger partial charge in [0.25, 0.3) is 0 Å². The highest BCUT2D eigenvalue weighted by Crippen LogP contribution is 2.16. The smallest absolute Gasteiger partial charge is 0.335 e. The number of carbonyl (C=O) groups excluding carboxylic acids is 1. The molecule has 3 nitrogen and oxygen atoms in total. The van der Waals surface area contributed by atoms with E-state index in [1.165, 1.54) is 18.2 Å². The SMILES string of the molecule is O=CCC#Cc1ccc(C(=O)O)cc1Cl. The third-order valence-electron chi connectivity index (χ3n) is 1.62. The average molecular weight is 223 g/mol. The number of aldehydes is 1. The molecular formula is C11H7ClO3. The summed E-state index contributed by atoms with van der Waals surface area (Å²) >= 11 is 5.80. The summed E-state index contributed by atoms with van der Waals surface area (Å²) in [6.07, 6.45) is 0.823. The van der Waals surface area contributed by atoms with Crippen molar-refractivity contribution >= 4 is 23.9 Å². The first-order chi connectivity index (χ1) is 7.15. The average Bonchev–Trinajstić information content (AvgIpc) is 2.20. The van der Waals surface area contributed by atoms with Crippen LogP contribution in [-0.4, -0.2) is 17.4 Å². The highest BCUT2D eigenvalue weighted by Gasteiger charge is 2.04. The predicted octanol–water partition coefficient (Wildman–Crippen LogP) is 1.98. The summed E-state index contributed by atoms with van der Waals surface area (Å²) in [7, 11) is 0. The van der Waals surface area contributed by atoms with Crippen LogP contribution >= 0.6 is 11.6 Å². The Labute approximate surface area is 91.7 Å². The van der Waals surface area contributed by atoms with E-state index >= 15 is 0 Å². The van der Waals surface area contributed by atoms with Gasteiger partial charge in [0.05, 0.1) is 17.0 Å². The molecule has 0 aliphatic heterocycles. The maximum atomic E-state index is 10.6. The molecule has 1 rings (SSSR count). The van der Waals surface area contributed by atoms with Gasteiger partial charge in [-0.3, -0.25) is 0 Å². The van der Waals surface area contributed by atoms with Crippen molar-refractivity contribution < 1.29 is 14.7 Å². The number of carboxylic acid groups (broad SMARTS) is 1. The molecule has 0 aliphatic carbocycles. The summed E-state index contributed by atoms with van der Waals surface area (Å²) < 4.78 is 0. The summed E-state index contributed by atoms with van der Waals surface area (Å²) in [5.74, 6) is 4.23. The van der Waals surface area contributed by atoms with Crippen LogP contribution in [0.5, 0.6) is 0 Å². The van der Waals surface area contributed by atoms with Crippen LogP contribution < -0.4 is 0 Å². The van der Waals surface area contributed by atoms with Gasteiger partial charge in [0.15, 0.2) is 0 Å². The molecule has 0 fully saturated rings. The second-order valence-electron chi connectivity index (χ2n) is 2.67. The summed E-state index contributed by atoms with van der Waals surface area (Å²) in [4.78, 5) is 20.6. The Morgan fingerprint density at radius 3 is 2.80 bits per heavy atom. The van der Waals surface area contributed by atoms with E-state index in [9.17, 15) is 9.59 Å². The Hall–Kier alpha value is -1.79. The van der Waals surface area contributed by atoms with E-state index in [0.29, 0.717) is 11.8 Å². The molecule has 0 unspecified atom stereocenters. The molecule has 0 aromatic heterocycles. The monoisotopic (exact) mass is 222 g/mol.